The molecule has 1 aliphatic rings. The van der Waals surface area contributed by atoms with E-state index < -0.39 is 5.97 Å². The first-order valence-electron chi connectivity index (χ1n) is 6.60. The molecule has 6 nitrogen and oxygen atoms in total. The van der Waals surface area contributed by atoms with Crippen LogP contribution in [0.15, 0.2) is 41.2 Å². The average Bonchev–Trinajstić information content (AvgIpc) is 3.02. The Bertz CT molecular complexity index is 851. The number of nitrogens with zero attached hydrogens (tertiary/aromatic N) is 4. The van der Waals surface area contributed by atoms with Crippen LogP contribution in [0.2, 0.25) is 0 Å². The van der Waals surface area contributed by atoms with Crippen LogP contribution in [-0.2, 0) is 16.6 Å². The Labute approximate surface area is 127 Å². The van der Waals surface area contributed by atoms with Crippen molar-refractivity contribution in [1.29, 1.82) is 5.26 Å². The molecule has 0 saturated carbocycles. The van der Waals surface area contributed by atoms with Crippen molar-refractivity contribution in [3.8, 4) is 6.07 Å². The van der Waals surface area contributed by atoms with Gasteiger partial charge in [-0.2, -0.15) is 10.4 Å². The van der Waals surface area contributed by atoms with Gasteiger partial charge in [-0.25, -0.2) is 9.79 Å². The van der Waals surface area contributed by atoms with E-state index in [-0.39, 0.29) is 11.6 Å². The molecule has 0 spiro atoms. The largest absolute Gasteiger partial charge is 0.402 e. The standard InChI is InChI=1S/C16H12N4O2/c1-10-13(9-20(2)19-10)7-14-16(21)22-15(18-14)12-5-3-11(8-17)4-6-12/h3-7,9H,1-2H3. The van der Waals surface area contributed by atoms with E-state index in [1.807, 2.05) is 26.2 Å². The topological polar surface area (TPSA) is 80.3 Å². The highest BCUT2D eigenvalue weighted by atomic mass is 16.6. The van der Waals surface area contributed by atoms with Crippen LogP contribution in [0.4, 0.5) is 0 Å². The zero-order chi connectivity index (χ0) is 15.7. The number of esters is 1. The van der Waals surface area contributed by atoms with E-state index in [0.29, 0.717) is 11.1 Å². The number of nitriles is 1. The Balaban J connectivity index is 1.94. The maximum absolute atomic E-state index is 11.9. The molecular weight excluding hydrogens is 280 g/mol. The van der Waals surface area contributed by atoms with Crippen LogP contribution >= 0.6 is 0 Å². The predicted molar refractivity (Wildman–Crippen MR) is 79.7 cm³/mol. The fourth-order valence-electron chi connectivity index (χ4n) is 2.13. The maximum atomic E-state index is 11.9. The number of aryl methyl sites for hydroxylation is 2. The summed E-state index contributed by atoms with van der Waals surface area (Å²) in [6.07, 6.45) is 3.46. The van der Waals surface area contributed by atoms with Crippen LogP contribution in [0.25, 0.3) is 6.08 Å². The lowest BCUT2D eigenvalue weighted by atomic mass is 10.1. The molecule has 0 unspecified atom stereocenters. The van der Waals surface area contributed by atoms with E-state index >= 15 is 0 Å². The molecular formula is C16H12N4O2. The number of aromatic nitrogens is 2. The Hall–Kier alpha value is -3.20. The number of carbonyl (C=O) groups is 1. The minimum absolute atomic E-state index is 0.232. The maximum Gasteiger partial charge on any atom is 0.363 e. The molecule has 1 aromatic heterocycles. The Morgan fingerprint density at radius 3 is 2.64 bits per heavy atom. The average molecular weight is 292 g/mol. The number of ether oxygens (including phenoxy) is 1. The monoisotopic (exact) mass is 292 g/mol. The zero-order valence-electron chi connectivity index (χ0n) is 12.1. The summed E-state index contributed by atoms with van der Waals surface area (Å²) >= 11 is 0. The van der Waals surface area contributed by atoms with Crippen molar-refractivity contribution >= 4 is 17.9 Å². The highest BCUT2D eigenvalue weighted by Gasteiger charge is 2.24. The zero-order valence-corrected chi connectivity index (χ0v) is 12.1. The van der Waals surface area contributed by atoms with E-state index in [1.165, 1.54) is 0 Å². The van der Waals surface area contributed by atoms with Gasteiger partial charge in [-0.1, -0.05) is 0 Å². The molecule has 0 amide bonds. The lowest BCUT2D eigenvalue weighted by molar-refractivity contribution is -0.129. The fourth-order valence-corrected chi connectivity index (χ4v) is 2.13. The normalized spacial score (nSPS) is 15.6. The molecule has 0 radical (unpaired) electrons. The first kappa shape index (κ1) is 13.8. The summed E-state index contributed by atoms with van der Waals surface area (Å²) in [6, 6.07) is 8.73. The third kappa shape index (κ3) is 2.52. The number of benzene rings is 1. The quantitative estimate of drug-likeness (QED) is 0.626. The van der Waals surface area contributed by atoms with Gasteiger partial charge in [-0.15, -0.1) is 0 Å². The molecule has 1 aromatic carbocycles. The van der Waals surface area contributed by atoms with Gasteiger partial charge >= 0.3 is 5.97 Å². The summed E-state index contributed by atoms with van der Waals surface area (Å²) in [7, 11) is 1.81. The molecule has 0 atom stereocenters. The second-order valence-electron chi connectivity index (χ2n) is 4.87. The minimum atomic E-state index is -0.498. The molecule has 0 aliphatic carbocycles. The van der Waals surface area contributed by atoms with Crippen molar-refractivity contribution < 1.29 is 9.53 Å². The van der Waals surface area contributed by atoms with Gasteiger partial charge in [0.1, 0.15) is 0 Å². The van der Waals surface area contributed by atoms with Crippen LogP contribution in [0.3, 0.4) is 0 Å². The van der Waals surface area contributed by atoms with Crippen molar-refractivity contribution in [2.75, 3.05) is 0 Å². The third-order valence-electron chi connectivity index (χ3n) is 3.23. The number of cyclic esters (lactones) is 1. The van der Waals surface area contributed by atoms with Crippen molar-refractivity contribution in [3.63, 3.8) is 0 Å². The van der Waals surface area contributed by atoms with Crippen LogP contribution in [0.1, 0.15) is 22.4 Å². The SMILES string of the molecule is Cc1nn(C)cc1C=C1N=C(c2ccc(C#N)cc2)OC1=O. The van der Waals surface area contributed by atoms with Crippen molar-refractivity contribution in [2.24, 2.45) is 12.0 Å². The molecule has 108 valence electrons. The van der Waals surface area contributed by atoms with Crippen molar-refractivity contribution in [2.45, 2.75) is 6.92 Å². The molecule has 2 aromatic rings. The summed E-state index contributed by atoms with van der Waals surface area (Å²) in [5, 5.41) is 13.0. The Morgan fingerprint density at radius 2 is 2.05 bits per heavy atom. The lowest BCUT2D eigenvalue weighted by Crippen LogP contribution is -2.05. The summed E-state index contributed by atoms with van der Waals surface area (Å²) < 4.78 is 6.86. The molecule has 0 fully saturated rings. The van der Waals surface area contributed by atoms with Gasteiger partial charge in [-0.3, -0.25) is 4.68 Å². The van der Waals surface area contributed by atoms with Crippen molar-refractivity contribution in [3.05, 3.63) is 58.5 Å². The van der Waals surface area contributed by atoms with Crippen LogP contribution in [0, 0.1) is 18.3 Å². The van der Waals surface area contributed by atoms with Crippen LogP contribution < -0.4 is 0 Å². The van der Waals surface area contributed by atoms with Gasteiger partial charge in [-0.05, 0) is 37.3 Å². The number of hydrogen-bond acceptors (Lipinski definition) is 5. The molecule has 0 saturated heterocycles. The second-order valence-corrected chi connectivity index (χ2v) is 4.87. The summed E-state index contributed by atoms with van der Waals surface area (Å²) in [6.45, 7) is 1.86. The molecule has 22 heavy (non-hydrogen) atoms. The smallest absolute Gasteiger partial charge is 0.363 e. The second kappa shape index (κ2) is 5.30. The Kier molecular flexibility index (Phi) is 3.31. The minimum Gasteiger partial charge on any atom is -0.402 e. The van der Waals surface area contributed by atoms with Gasteiger partial charge in [0.15, 0.2) is 5.70 Å². The molecule has 0 bridgehead atoms. The van der Waals surface area contributed by atoms with Gasteiger partial charge < -0.3 is 4.74 Å². The van der Waals surface area contributed by atoms with E-state index in [0.717, 1.165) is 11.3 Å². The Morgan fingerprint density at radius 1 is 1.32 bits per heavy atom. The molecule has 0 N–H and O–H groups in total. The van der Waals surface area contributed by atoms with E-state index in [9.17, 15) is 4.79 Å². The van der Waals surface area contributed by atoms with E-state index in [2.05, 4.69) is 10.1 Å². The van der Waals surface area contributed by atoms with Crippen LogP contribution in [0.5, 0.6) is 0 Å². The van der Waals surface area contributed by atoms with Gasteiger partial charge in [0, 0.05) is 24.4 Å². The predicted octanol–water partition coefficient (Wildman–Crippen LogP) is 1.94. The number of hydrogen-bond donors (Lipinski definition) is 0. The van der Waals surface area contributed by atoms with Gasteiger partial charge in [0.25, 0.3) is 0 Å². The highest BCUT2D eigenvalue weighted by molar-refractivity contribution is 6.12. The molecule has 3 rings (SSSR count). The molecule has 6 heteroatoms. The van der Waals surface area contributed by atoms with Crippen LogP contribution in [-0.4, -0.2) is 21.6 Å². The number of carbonyl (C=O) groups excluding carboxylic acids is 1. The highest BCUT2D eigenvalue weighted by Crippen LogP contribution is 2.20. The van der Waals surface area contributed by atoms with Crippen molar-refractivity contribution in [1.82, 2.24) is 9.78 Å². The number of aliphatic imine (C=N–C) groups is 1. The fraction of sp³-hybridized carbons (Fsp3) is 0.125. The first-order valence-corrected chi connectivity index (χ1v) is 6.60. The van der Waals surface area contributed by atoms with Gasteiger partial charge in [0.05, 0.1) is 17.3 Å². The third-order valence-corrected chi connectivity index (χ3v) is 3.23. The summed E-state index contributed by atoms with van der Waals surface area (Å²) in [5.74, 6) is -0.259. The molecule has 2 heterocycles. The lowest BCUT2D eigenvalue weighted by Gasteiger charge is -1.98. The first-order chi connectivity index (χ1) is 10.6. The van der Waals surface area contributed by atoms with E-state index in [1.54, 1.807) is 35.0 Å². The molecule has 1 aliphatic heterocycles. The summed E-state index contributed by atoms with van der Waals surface area (Å²) in [4.78, 5) is 16.1. The van der Waals surface area contributed by atoms with E-state index in [4.69, 9.17) is 10.00 Å². The van der Waals surface area contributed by atoms with Gasteiger partial charge in [0.2, 0.25) is 5.90 Å². The summed E-state index contributed by atoms with van der Waals surface area (Å²) in [5.41, 5.74) is 3.05. The number of rotatable bonds is 2.